The van der Waals surface area contributed by atoms with E-state index in [4.69, 9.17) is 9.47 Å². The van der Waals surface area contributed by atoms with E-state index in [1.165, 1.54) is 0 Å². The zero-order chi connectivity index (χ0) is 14.4. The van der Waals surface area contributed by atoms with Crippen molar-refractivity contribution in [3.05, 3.63) is 24.7 Å². The maximum atomic E-state index is 5.52. The first-order valence-electron chi connectivity index (χ1n) is 6.45. The molecule has 7 heteroatoms. The van der Waals surface area contributed by atoms with Gasteiger partial charge in [0.15, 0.2) is 0 Å². The van der Waals surface area contributed by atoms with Crippen LogP contribution >= 0.6 is 0 Å². The molecule has 7 nitrogen and oxygen atoms in total. The summed E-state index contributed by atoms with van der Waals surface area (Å²) in [5.41, 5.74) is 0.822. The Morgan fingerprint density at radius 1 is 1.40 bits per heavy atom. The Bertz CT molecular complexity index is 541. The molecule has 2 heterocycles. The Labute approximate surface area is 118 Å². The van der Waals surface area contributed by atoms with Gasteiger partial charge < -0.3 is 14.8 Å². The number of hydrogen-bond donors (Lipinski definition) is 1. The van der Waals surface area contributed by atoms with Crippen LogP contribution in [0, 0.1) is 0 Å². The summed E-state index contributed by atoms with van der Waals surface area (Å²) < 4.78 is 12.3. The average molecular weight is 277 g/mol. The molecule has 0 radical (unpaired) electrons. The molecule has 108 valence electrons. The van der Waals surface area contributed by atoms with Gasteiger partial charge in [0.2, 0.25) is 11.8 Å². The molecule has 1 N–H and O–H groups in total. The Hall–Kier alpha value is -2.15. The quantitative estimate of drug-likeness (QED) is 0.832. The zero-order valence-electron chi connectivity index (χ0n) is 11.9. The fraction of sp³-hybridized carbons (Fsp3) is 0.462. The molecule has 0 amide bonds. The zero-order valence-corrected chi connectivity index (χ0v) is 11.9. The normalized spacial score (nSPS) is 10.8. The molecule has 2 rings (SSSR count). The van der Waals surface area contributed by atoms with Crippen molar-refractivity contribution in [3.8, 4) is 5.88 Å². The van der Waals surface area contributed by atoms with Gasteiger partial charge >= 0.3 is 0 Å². The molecule has 0 fully saturated rings. The fourth-order valence-electron chi connectivity index (χ4n) is 1.57. The molecule has 0 aliphatic carbocycles. The van der Waals surface area contributed by atoms with Crippen molar-refractivity contribution in [2.45, 2.75) is 26.5 Å². The van der Waals surface area contributed by atoms with Crippen LogP contribution in [0.15, 0.2) is 24.7 Å². The third kappa shape index (κ3) is 4.20. The number of hydrogen-bond acceptors (Lipinski definition) is 6. The highest BCUT2D eigenvalue weighted by Gasteiger charge is 2.04. The van der Waals surface area contributed by atoms with E-state index in [-0.39, 0.29) is 6.10 Å². The topological polar surface area (TPSA) is 74.1 Å². The number of ether oxygens (including phenoxy) is 2. The van der Waals surface area contributed by atoms with Gasteiger partial charge in [-0.25, -0.2) is 4.98 Å². The molecular formula is C13H19N5O2. The lowest BCUT2D eigenvalue weighted by Crippen LogP contribution is -2.08. The highest BCUT2D eigenvalue weighted by atomic mass is 16.5. The molecule has 0 aliphatic heterocycles. The van der Waals surface area contributed by atoms with E-state index in [2.05, 4.69) is 20.4 Å². The molecular weight excluding hydrogens is 258 g/mol. The second kappa shape index (κ2) is 6.85. The van der Waals surface area contributed by atoms with Crippen LogP contribution in [0.5, 0.6) is 5.88 Å². The van der Waals surface area contributed by atoms with Crippen LogP contribution in [0.1, 0.15) is 13.8 Å². The third-order valence-electron chi connectivity index (χ3n) is 2.40. The molecule has 2 aromatic rings. The average Bonchev–Trinajstić information content (AvgIpc) is 2.83. The van der Waals surface area contributed by atoms with Crippen molar-refractivity contribution < 1.29 is 9.47 Å². The predicted octanol–water partition coefficient (Wildman–Crippen LogP) is 1.85. The Kier molecular flexibility index (Phi) is 4.89. The molecule has 0 saturated carbocycles. The Balaban J connectivity index is 2.00. The lowest BCUT2D eigenvalue weighted by Gasteiger charge is -2.09. The monoisotopic (exact) mass is 277 g/mol. The highest BCUT2D eigenvalue weighted by molar-refractivity contribution is 5.50. The van der Waals surface area contributed by atoms with Gasteiger partial charge in [-0.15, -0.1) is 0 Å². The minimum absolute atomic E-state index is 0.0783. The molecule has 0 spiro atoms. The van der Waals surface area contributed by atoms with E-state index in [0.29, 0.717) is 25.0 Å². The van der Waals surface area contributed by atoms with Crippen LogP contribution in [0.4, 0.5) is 11.6 Å². The predicted molar refractivity (Wildman–Crippen MR) is 75.2 cm³/mol. The van der Waals surface area contributed by atoms with Crippen molar-refractivity contribution in [2.24, 2.45) is 0 Å². The summed E-state index contributed by atoms with van der Waals surface area (Å²) in [6.45, 7) is 5.23. The summed E-state index contributed by atoms with van der Waals surface area (Å²) in [6, 6.07) is 1.73. The SMILES string of the molecule is COCCn1cc(Nc2nccc(OC(C)C)n2)cn1. The molecule has 0 aliphatic rings. The molecule has 20 heavy (non-hydrogen) atoms. The van der Waals surface area contributed by atoms with E-state index in [1.54, 1.807) is 30.3 Å². The van der Waals surface area contributed by atoms with Crippen molar-refractivity contribution in [1.82, 2.24) is 19.7 Å². The second-order valence-electron chi connectivity index (χ2n) is 4.49. The Morgan fingerprint density at radius 2 is 2.25 bits per heavy atom. The molecule has 0 aromatic carbocycles. The lowest BCUT2D eigenvalue weighted by atomic mass is 10.5. The molecule has 0 saturated heterocycles. The molecule has 0 unspecified atom stereocenters. The standard InChI is InChI=1S/C13H19N5O2/c1-10(2)20-12-4-5-14-13(17-12)16-11-8-15-18(9-11)6-7-19-3/h4-5,8-10H,6-7H2,1-3H3,(H,14,16,17). The summed E-state index contributed by atoms with van der Waals surface area (Å²) in [6.07, 6.45) is 5.32. The summed E-state index contributed by atoms with van der Waals surface area (Å²) in [5.74, 6) is 1.03. The van der Waals surface area contributed by atoms with E-state index < -0.39 is 0 Å². The van der Waals surface area contributed by atoms with Crippen molar-refractivity contribution in [2.75, 3.05) is 19.0 Å². The van der Waals surface area contributed by atoms with Gasteiger partial charge in [0.05, 0.1) is 31.1 Å². The fourth-order valence-corrected chi connectivity index (χ4v) is 1.57. The van der Waals surface area contributed by atoms with Crippen LogP contribution < -0.4 is 10.1 Å². The van der Waals surface area contributed by atoms with Gasteiger partial charge in [-0.05, 0) is 13.8 Å². The van der Waals surface area contributed by atoms with Gasteiger partial charge in [-0.3, -0.25) is 4.68 Å². The van der Waals surface area contributed by atoms with Crippen LogP contribution in [-0.2, 0) is 11.3 Å². The largest absolute Gasteiger partial charge is 0.475 e. The minimum Gasteiger partial charge on any atom is -0.475 e. The summed E-state index contributed by atoms with van der Waals surface area (Å²) >= 11 is 0. The summed E-state index contributed by atoms with van der Waals surface area (Å²) in [7, 11) is 1.66. The third-order valence-corrected chi connectivity index (χ3v) is 2.40. The maximum absolute atomic E-state index is 5.52. The van der Waals surface area contributed by atoms with Gasteiger partial charge in [-0.2, -0.15) is 10.1 Å². The second-order valence-corrected chi connectivity index (χ2v) is 4.49. The van der Waals surface area contributed by atoms with Gasteiger partial charge in [-0.1, -0.05) is 0 Å². The van der Waals surface area contributed by atoms with Crippen molar-refractivity contribution >= 4 is 11.6 Å². The number of nitrogens with one attached hydrogen (secondary N) is 1. The van der Waals surface area contributed by atoms with E-state index in [9.17, 15) is 0 Å². The summed E-state index contributed by atoms with van der Waals surface area (Å²) in [5, 5.41) is 7.30. The smallest absolute Gasteiger partial charge is 0.230 e. The van der Waals surface area contributed by atoms with Crippen LogP contribution in [0.2, 0.25) is 0 Å². The highest BCUT2D eigenvalue weighted by Crippen LogP contribution is 2.15. The minimum atomic E-state index is 0.0783. The first-order valence-corrected chi connectivity index (χ1v) is 6.45. The molecule has 0 atom stereocenters. The number of anilines is 2. The van der Waals surface area contributed by atoms with Crippen LogP contribution in [-0.4, -0.2) is 39.6 Å². The maximum Gasteiger partial charge on any atom is 0.230 e. The number of aromatic nitrogens is 4. The van der Waals surface area contributed by atoms with Crippen molar-refractivity contribution in [1.29, 1.82) is 0 Å². The van der Waals surface area contributed by atoms with Gasteiger partial charge in [0.1, 0.15) is 0 Å². The first kappa shape index (κ1) is 14.3. The number of nitrogens with zero attached hydrogens (tertiary/aromatic N) is 4. The van der Waals surface area contributed by atoms with Crippen LogP contribution in [0.25, 0.3) is 0 Å². The van der Waals surface area contributed by atoms with Gasteiger partial charge in [0, 0.05) is 25.6 Å². The van der Waals surface area contributed by atoms with Crippen LogP contribution in [0.3, 0.4) is 0 Å². The van der Waals surface area contributed by atoms with Crippen molar-refractivity contribution in [3.63, 3.8) is 0 Å². The summed E-state index contributed by atoms with van der Waals surface area (Å²) in [4.78, 5) is 8.42. The Morgan fingerprint density at radius 3 is 3.00 bits per heavy atom. The molecule has 2 aromatic heterocycles. The lowest BCUT2D eigenvalue weighted by molar-refractivity contribution is 0.183. The number of rotatable bonds is 7. The molecule has 0 bridgehead atoms. The van der Waals surface area contributed by atoms with E-state index in [0.717, 1.165) is 5.69 Å². The van der Waals surface area contributed by atoms with E-state index >= 15 is 0 Å². The van der Waals surface area contributed by atoms with Gasteiger partial charge in [0.25, 0.3) is 0 Å². The number of methoxy groups -OCH3 is 1. The van der Waals surface area contributed by atoms with E-state index in [1.807, 2.05) is 20.0 Å². The first-order chi connectivity index (χ1) is 9.67.